The Morgan fingerprint density at radius 2 is 1.50 bits per heavy atom. The van der Waals surface area contributed by atoms with E-state index < -0.39 is 0 Å². The Labute approximate surface area is 103 Å². The van der Waals surface area contributed by atoms with Crippen LogP contribution in [0.1, 0.15) is 72.6 Å². The zero-order valence-electron chi connectivity index (χ0n) is 12.1. The summed E-state index contributed by atoms with van der Waals surface area (Å²) in [6.07, 6.45) is 9.40. The van der Waals surface area contributed by atoms with Crippen LogP contribution in [-0.2, 0) is 0 Å². The first-order valence-corrected chi connectivity index (χ1v) is 7.13. The molecule has 16 heavy (non-hydrogen) atoms. The standard InChI is InChI=1S/C15H31N/c1-6-8-10-12-14(11-9-7-2)15(16-5)13(3)4/h13-14H,6-12H2,1-5H3. The molecule has 0 aliphatic rings. The van der Waals surface area contributed by atoms with Gasteiger partial charge >= 0.3 is 0 Å². The Bertz CT molecular complexity index is 182. The lowest BCUT2D eigenvalue weighted by molar-refractivity contribution is 0.497. The van der Waals surface area contributed by atoms with E-state index in [1.165, 1.54) is 50.7 Å². The molecule has 0 heterocycles. The van der Waals surface area contributed by atoms with Gasteiger partial charge in [0.25, 0.3) is 0 Å². The molecule has 0 aromatic heterocycles. The van der Waals surface area contributed by atoms with Crippen LogP contribution in [0.4, 0.5) is 0 Å². The summed E-state index contributed by atoms with van der Waals surface area (Å²) in [5.74, 6) is 1.37. The molecule has 1 heteroatoms. The second kappa shape index (κ2) is 9.86. The maximum atomic E-state index is 4.54. The molecule has 0 spiro atoms. The molecule has 1 unspecified atom stereocenters. The van der Waals surface area contributed by atoms with Gasteiger partial charge in [-0.25, -0.2) is 0 Å². The Morgan fingerprint density at radius 1 is 0.938 bits per heavy atom. The summed E-state index contributed by atoms with van der Waals surface area (Å²) in [5, 5.41) is 0. The third kappa shape index (κ3) is 6.30. The lowest BCUT2D eigenvalue weighted by Gasteiger charge is -2.21. The molecule has 0 aliphatic carbocycles. The smallest absolute Gasteiger partial charge is 0.0276 e. The van der Waals surface area contributed by atoms with Gasteiger partial charge in [-0.1, -0.05) is 59.8 Å². The van der Waals surface area contributed by atoms with Gasteiger partial charge in [-0.05, 0) is 24.7 Å². The second-order valence-corrected chi connectivity index (χ2v) is 5.14. The Kier molecular flexibility index (Phi) is 9.66. The van der Waals surface area contributed by atoms with E-state index in [4.69, 9.17) is 0 Å². The van der Waals surface area contributed by atoms with E-state index >= 15 is 0 Å². The van der Waals surface area contributed by atoms with Crippen molar-refractivity contribution in [1.82, 2.24) is 0 Å². The molecule has 0 aliphatic heterocycles. The first kappa shape index (κ1) is 15.7. The van der Waals surface area contributed by atoms with Gasteiger partial charge in [0.2, 0.25) is 0 Å². The van der Waals surface area contributed by atoms with Crippen molar-refractivity contribution < 1.29 is 0 Å². The van der Waals surface area contributed by atoms with E-state index in [1.807, 2.05) is 7.05 Å². The zero-order chi connectivity index (χ0) is 12.4. The molecule has 0 aromatic rings. The molecule has 0 rings (SSSR count). The molecule has 0 bridgehead atoms. The van der Waals surface area contributed by atoms with Crippen molar-refractivity contribution in [2.45, 2.75) is 72.6 Å². The average molecular weight is 225 g/mol. The van der Waals surface area contributed by atoms with Crippen molar-refractivity contribution in [3.8, 4) is 0 Å². The van der Waals surface area contributed by atoms with Gasteiger partial charge in [0, 0.05) is 12.8 Å². The normalized spacial score (nSPS) is 14.5. The largest absolute Gasteiger partial charge is 0.297 e. The van der Waals surface area contributed by atoms with Crippen molar-refractivity contribution >= 4 is 5.71 Å². The fourth-order valence-corrected chi connectivity index (χ4v) is 2.44. The maximum Gasteiger partial charge on any atom is 0.0276 e. The van der Waals surface area contributed by atoms with E-state index in [-0.39, 0.29) is 0 Å². The number of rotatable bonds is 9. The molecule has 0 amide bonds. The highest BCUT2D eigenvalue weighted by molar-refractivity contribution is 5.88. The summed E-state index contributed by atoms with van der Waals surface area (Å²) in [6, 6.07) is 0. The molecule has 96 valence electrons. The Morgan fingerprint density at radius 3 is 1.94 bits per heavy atom. The highest BCUT2D eigenvalue weighted by Gasteiger charge is 2.17. The summed E-state index contributed by atoms with van der Waals surface area (Å²) < 4.78 is 0. The molecule has 0 saturated carbocycles. The number of nitrogens with zero attached hydrogens (tertiary/aromatic N) is 1. The second-order valence-electron chi connectivity index (χ2n) is 5.14. The van der Waals surface area contributed by atoms with Gasteiger partial charge in [0.15, 0.2) is 0 Å². The molecule has 0 fully saturated rings. The van der Waals surface area contributed by atoms with Crippen LogP contribution in [0.15, 0.2) is 4.99 Å². The van der Waals surface area contributed by atoms with E-state index in [0.29, 0.717) is 5.92 Å². The average Bonchev–Trinajstić information content (AvgIpc) is 2.25. The van der Waals surface area contributed by atoms with Crippen LogP contribution in [0.3, 0.4) is 0 Å². The maximum absolute atomic E-state index is 4.54. The Balaban J connectivity index is 4.27. The molecule has 0 saturated heterocycles. The zero-order valence-corrected chi connectivity index (χ0v) is 12.1. The first-order valence-electron chi connectivity index (χ1n) is 7.13. The van der Waals surface area contributed by atoms with Crippen molar-refractivity contribution in [3.63, 3.8) is 0 Å². The van der Waals surface area contributed by atoms with Gasteiger partial charge in [-0.3, -0.25) is 4.99 Å². The van der Waals surface area contributed by atoms with Crippen LogP contribution < -0.4 is 0 Å². The predicted molar refractivity (Wildman–Crippen MR) is 75.4 cm³/mol. The summed E-state index contributed by atoms with van der Waals surface area (Å²) in [6.45, 7) is 9.11. The molecular weight excluding hydrogens is 194 g/mol. The fourth-order valence-electron chi connectivity index (χ4n) is 2.44. The van der Waals surface area contributed by atoms with Crippen LogP contribution in [-0.4, -0.2) is 12.8 Å². The van der Waals surface area contributed by atoms with Gasteiger partial charge < -0.3 is 0 Å². The lowest BCUT2D eigenvalue weighted by atomic mass is 9.86. The summed E-state index contributed by atoms with van der Waals surface area (Å²) in [7, 11) is 1.97. The number of unbranched alkanes of at least 4 members (excludes halogenated alkanes) is 3. The highest BCUT2D eigenvalue weighted by atomic mass is 14.7. The van der Waals surface area contributed by atoms with Crippen LogP contribution in [0, 0.1) is 11.8 Å². The molecule has 0 N–H and O–H groups in total. The molecular formula is C15H31N. The first-order chi connectivity index (χ1) is 7.67. The van der Waals surface area contributed by atoms with Crippen LogP contribution in [0.25, 0.3) is 0 Å². The topological polar surface area (TPSA) is 12.4 Å². The van der Waals surface area contributed by atoms with Crippen LogP contribution >= 0.6 is 0 Å². The minimum absolute atomic E-state index is 0.619. The predicted octanol–water partition coefficient (Wildman–Crippen LogP) is 5.10. The van der Waals surface area contributed by atoms with Crippen molar-refractivity contribution in [3.05, 3.63) is 0 Å². The summed E-state index contributed by atoms with van der Waals surface area (Å²) >= 11 is 0. The summed E-state index contributed by atoms with van der Waals surface area (Å²) in [4.78, 5) is 4.54. The molecule has 0 aromatic carbocycles. The van der Waals surface area contributed by atoms with Gasteiger partial charge in [0.1, 0.15) is 0 Å². The van der Waals surface area contributed by atoms with Crippen molar-refractivity contribution in [1.29, 1.82) is 0 Å². The summed E-state index contributed by atoms with van der Waals surface area (Å²) in [5.41, 5.74) is 1.45. The van der Waals surface area contributed by atoms with Crippen LogP contribution in [0.2, 0.25) is 0 Å². The number of hydrogen-bond acceptors (Lipinski definition) is 1. The van der Waals surface area contributed by atoms with Crippen molar-refractivity contribution in [2.75, 3.05) is 7.05 Å². The van der Waals surface area contributed by atoms with E-state index in [0.717, 1.165) is 5.92 Å². The van der Waals surface area contributed by atoms with E-state index in [1.54, 1.807) is 0 Å². The van der Waals surface area contributed by atoms with Gasteiger partial charge in [0.05, 0.1) is 0 Å². The number of hydrogen-bond donors (Lipinski definition) is 0. The lowest BCUT2D eigenvalue weighted by Crippen LogP contribution is -2.20. The van der Waals surface area contributed by atoms with E-state index in [9.17, 15) is 0 Å². The Hall–Kier alpha value is -0.330. The monoisotopic (exact) mass is 225 g/mol. The minimum Gasteiger partial charge on any atom is -0.297 e. The third-order valence-electron chi connectivity index (χ3n) is 3.33. The van der Waals surface area contributed by atoms with Crippen molar-refractivity contribution in [2.24, 2.45) is 16.8 Å². The molecule has 0 radical (unpaired) electrons. The van der Waals surface area contributed by atoms with E-state index in [2.05, 4.69) is 32.7 Å². The molecule has 1 nitrogen and oxygen atoms in total. The SMILES string of the molecule is CCCCCC(CCCC)C(=NC)C(C)C. The quantitative estimate of drug-likeness (QED) is 0.382. The van der Waals surface area contributed by atoms with Gasteiger partial charge in [-0.2, -0.15) is 0 Å². The highest BCUT2D eigenvalue weighted by Crippen LogP contribution is 2.22. The van der Waals surface area contributed by atoms with Crippen LogP contribution in [0.5, 0.6) is 0 Å². The minimum atomic E-state index is 0.619. The fraction of sp³-hybridized carbons (Fsp3) is 0.933. The molecule has 1 atom stereocenters. The number of aliphatic imine (C=N–C) groups is 1. The third-order valence-corrected chi connectivity index (χ3v) is 3.33. The van der Waals surface area contributed by atoms with Gasteiger partial charge in [-0.15, -0.1) is 0 Å².